The van der Waals surface area contributed by atoms with Crippen LogP contribution in [0.15, 0.2) is 0 Å². The van der Waals surface area contributed by atoms with Crippen LogP contribution in [0.25, 0.3) is 0 Å². The van der Waals surface area contributed by atoms with Crippen LogP contribution in [0.1, 0.15) is 25.7 Å². The zero-order valence-electron chi connectivity index (χ0n) is 6.62. The maximum Gasteiger partial charge on any atom is 0.134 e. The zero-order valence-corrected chi connectivity index (χ0v) is 6.62. The van der Waals surface area contributed by atoms with Crippen LogP contribution >= 0.6 is 0 Å². The molecule has 1 aliphatic rings. The molecule has 0 bridgehead atoms. The van der Waals surface area contributed by atoms with Gasteiger partial charge in [-0.3, -0.25) is 0 Å². The number of nitrogens with two attached hydrogens (primary N) is 1. The van der Waals surface area contributed by atoms with Gasteiger partial charge in [-0.2, -0.15) is 5.26 Å². The second-order valence-corrected chi connectivity index (χ2v) is 2.96. The van der Waals surface area contributed by atoms with Gasteiger partial charge in [0.2, 0.25) is 0 Å². The van der Waals surface area contributed by atoms with Crippen LogP contribution in [0, 0.1) is 11.3 Å². The van der Waals surface area contributed by atoms with Crippen molar-refractivity contribution in [3.63, 3.8) is 0 Å². The van der Waals surface area contributed by atoms with Crippen molar-refractivity contribution >= 4 is 0 Å². The molecule has 0 aliphatic heterocycles. The van der Waals surface area contributed by atoms with Crippen molar-refractivity contribution in [1.82, 2.24) is 0 Å². The first kappa shape index (κ1) is 8.51. The smallest absolute Gasteiger partial charge is 0.134 e. The first-order chi connectivity index (χ1) is 5.34. The molecule has 2 N–H and O–H groups in total. The highest BCUT2D eigenvalue weighted by atomic mass is 16.5. The first-order valence-corrected chi connectivity index (χ1v) is 4.08. The van der Waals surface area contributed by atoms with E-state index < -0.39 is 0 Å². The fourth-order valence-electron chi connectivity index (χ4n) is 1.48. The van der Waals surface area contributed by atoms with Gasteiger partial charge in [-0.1, -0.05) is 12.8 Å². The van der Waals surface area contributed by atoms with Gasteiger partial charge in [-0.15, -0.1) is 0 Å². The van der Waals surface area contributed by atoms with Crippen molar-refractivity contribution < 1.29 is 4.74 Å². The number of rotatable bonds is 2. The summed E-state index contributed by atoms with van der Waals surface area (Å²) in [5.74, 6) is 0. The van der Waals surface area contributed by atoms with E-state index in [0.29, 0.717) is 0 Å². The minimum atomic E-state index is 0.128. The quantitative estimate of drug-likeness (QED) is 0.640. The number of ether oxygens (including phenoxy) is 1. The SMILES string of the molecule is N#CCOC1CCCCC1N. The largest absolute Gasteiger partial charge is 0.362 e. The Bertz CT molecular complexity index is 153. The van der Waals surface area contributed by atoms with Crippen LogP contribution in [0.4, 0.5) is 0 Å². The first-order valence-electron chi connectivity index (χ1n) is 4.08. The van der Waals surface area contributed by atoms with Gasteiger partial charge < -0.3 is 10.5 Å². The fraction of sp³-hybridized carbons (Fsp3) is 0.875. The molecule has 1 rings (SSSR count). The lowest BCUT2D eigenvalue weighted by molar-refractivity contribution is 0.0342. The Hall–Kier alpha value is -0.590. The molecule has 1 aliphatic carbocycles. The maximum absolute atomic E-state index is 8.27. The van der Waals surface area contributed by atoms with Gasteiger partial charge in [0.15, 0.2) is 0 Å². The molecule has 2 unspecified atom stereocenters. The molecular weight excluding hydrogens is 140 g/mol. The van der Waals surface area contributed by atoms with E-state index in [9.17, 15) is 0 Å². The second-order valence-electron chi connectivity index (χ2n) is 2.96. The Morgan fingerprint density at radius 2 is 2.18 bits per heavy atom. The minimum absolute atomic E-state index is 0.128. The van der Waals surface area contributed by atoms with Gasteiger partial charge in [-0.25, -0.2) is 0 Å². The summed E-state index contributed by atoms with van der Waals surface area (Å²) in [5, 5.41) is 8.27. The molecule has 2 atom stereocenters. The van der Waals surface area contributed by atoms with Crippen LogP contribution in [-0.4, -0.2) is 18.8 Å². The Morgan fingerprint density at radius 3 is 2.82 bits per heavy atom. The number of nitrogens with zero attached hydrogens (tertiary/aromatic N) is 1. The maximum atomic E-state index is 8.27. The Labute approximate surface area is 67.1 Å². The van der Waals surface area contributed by atoms with Gasteiger partial charge >= 0.3 is 0 Å². The van der Waals surface area contributed by atoms with E-state index in [4.69, 9.17) is 15.7 Å². The molecule has 62 valence electrons. The third kappa shape index (κ3) is 2.49. The summed E-state index contributed by atoms with van der Waals surface area (Å²) in [7, 11) is 0. The van der Waals surface area contributed by atoms with Crippen molar-refractivity contribution in [2.45, 2.75) is 37.8 Å². The van der Waals surface area contributed by atoms with Gasteiger partial charge in [0.05, 0.1) is 12.2 Å². The summed E-state index contributed by atoms with van der Waals surface area (Å²) in [6.07, 6.45) is 4.57. The van der Waals surface area contributed by atoms with Crippen molar-refractivity contribution in [2.75, 3.05) is 6.61 Å². The molecular formula is C8H14N2O. The third-order valence-corrected chi connectivity index (χ3v) is 2.12. The van der Waals surface area contributed by atoms with E-state index in [1.807, 2.05) is 6.07 Å². The molecule has 1 saturated carbocycles. The fourth-order valence-corrected chi connectivity index (χ4v) is 1.48. The molecule has 0 radical (unpaired) electrons. The lowest BCUT2D eigenvalue weighted by Crippen LogP contribution is -2.39. The van der Waals surface area contributed by atoms with E-state index in [1.54, 1.807) is 0 Å². The third-order valence-electron chi connectivity index (χ3n) is 2.12. The predicted octanol–water partition coefficient (Wildman–Crippen LogP) is 0.796. The summed E-state index contributed by atoms with van der Waals surface area (Å²) >= 11 is 0. The number of hydrogen-bond acceptors (Lipinski definition) is 3. The molecule has 3 nitrogen and oxygen atoms in total. The highest BCUT2D eigenvalue weighted by molar-refractivity contribution is 4.80. The summed E-state index contributed by atoms with van der Waals surface area (Å²) < 4.78 is 5.26. The molecule has 1 fully saturated rings. The van der Waals surface area contributed by atoms with E-state index in [0.717, 1.165) is 12.8 Å². The Balaban J connectivity index is 2.25. The molecule has 11 heavy (non-hydrogen) atoms. The molecule has 0 aromatic rings. The second kappa shape index (κ2) is 4.32. The summed E-state index contributed by atoms with van der Waals surface area (Å²) in [5.41, 5.74) is 5.79. The molecule has 0 amide bonds. The topological polar surface area (TPSA) is 59.0 Å². The van der Waals surface area contributed by atoms with Gasteiger partial charge in [0.1, 0.15) is 6.61 Å². The molecule has 0 saturated heterocycles. The summed E-state index contributed by atoms with van der Waals surface area (Å²) in [6.45, 7) is 0.179. The average Bonchev–Trinajstić information content (AvgIpc) is 2.03. The molecule has 0 aromatic heterocycles. The molecule has 0 aromatic carbocycles. The van der Waals surface area contributed by atoms with Crippen molar-refractivity contribution in [2.24, 2.45) is 5.73 Å². The lowest BCUT2D eigenvalue weighted by atomic mass is 9.93. The standard InChI is InChI=1S/C8H14N2O/c9-5-6-11-8-4-2-1-3-7(8)10/h7-8H,1-4,6,10H2. The number of hydrogen-bond donors (Lipinski definition) is 1. The molecule has 3 heteroatoms. The Kier molecular flexibility index (Phi) is 3.34. The Morgan fingerprint density at radius 1 is 1.45 bits per heavy atom. The van der Waals surface area contributed by atoms with Crippen LogP contribution < -0.4 is 5.73 Å². The minimum Gasteiger partial charge on any atom is -0.362 e. The van der Waals surface area contributed by atoms with Gasteiger partial charge in [0, 0.05) is 6.04 Å². The molecule has 0 heterocycles. The van der Waals surface area contributed by atoms with Gasteiger partial charge in [-0.05, 0) is 12.8 Å². The average molecular weight is 154 g/mol. The van der Waals surface area contributed by atoms with Gasteiger partial charge in [0.25, 0.3) is 0 Å². The zero-order chi connectivity index (χ0) is 8.10. The van der Waals surface area contributed by atoms with Crippen LogP contribution in [0.3, 0.4) is 0 Å². The molecule has 0 spiro atoms. The van der Waals surface area contributed by atoms with Crippen LogP contribution in [-0.2, 0) is 4.74 Å². The highest BCUT2D eigenvalue weighted by Gasteiger charge is 2.21. The van der Waals surface area contributed by atoms with Crippen molar-refractivity contribution in [1.29, 1.82) is 5.26 Å². The van der Waals surface area contributed by atoms with Crippen molar-refractivity contribution in [3.05, 3.63) is 0 Å². The summed E-state index contributed by atoms with van der Waals surface area (Å²) in [6, 6.07) is 2.11. The van der Waals surface area contributed by atoms with Crippen molar-refractivity contribution in [3.8, 4) is 6.07 Å². The van der Waals surface area contributed by atoms with Crippen LogP contribution in [0.5, 0.6) is 0 Å². The normalized spacial score (nSPS) is 31.3. The predicted molar refractivity (Wildman–Crippen MR) is 41.8 cm³/mol. The van der Waals surface area contributed by atoms with E-state index in [1.165, 1.54) is 12.8 Å². The van der Waals surface area contributed by atoms with E-state index in [-0.39, 0.29) is 18.8 Å². The van der Waals surface area contributed by atoms with Crippen LogP contribution in [0.2, 0.25) is 0 Å². The van der Waals surface area contributed by atoms with E-state index >= 15 is 0 Å². The number of nitriles is 1. The lowest BCUT2D eigenvalue weighted by Gasteiger charge is -2.27. The monoisotopic (exact) mass is 154 g/mol. The summed E-state index contributed by atoms with van der Waals surface area (Å²) in [4.78, 5) is 0. The highest BCUT2D eigenvalue weighted by Crippen LogP contribution is 2.19. The van der Waals surface area contributed by atoms with E-state index in [2.05, 4.69) is 0 Å².